The van der Waals surface area contributed by atoms with E-state index in [1.165, 1.54) is 154 Å². The maximum atomic E-state index is 11.9. The van der Waals surface area contributed by atoms with E-state index in [0.29, 0.717) is 26.1 Å². The molecule has 0 bridgehead atoms. The third-order valence-electron chi connectivity index (χ3n) is 8.61. The predicted octanol–water partition coefficient (Wildman–Crippen LogP) is 12.4. The van der Waals surface area contributed by atoms with Crippen LogP contribution in [0.3, 0.4) is 0 Å². The van der Waals surface area contributed by atoms with Crippen LogP contribution in [-0.4, -0.2) is 38.4 Å². The Balaban J connectivity index is 3.28. The fraction of sp³-hybridized carbons (Fsp3) is 0.900. The molecule has 0 unspecified atom stereocenters. The van der Waals surface area contributed by atoms with Gasteiger partial charge in [0.25, 0.3) is 0 Å². The molecule has 0 aromatic carbocycles. The minimum absolute atomic E-state index is 0.139. The van der Waals surface area contributed by atoms with Gasteiger partial charge in [-0.05, 0) is 38.5 Å². The van der Waals surface area contributed by atoms with E-state index in [-0.39, 0.29) is 25.2 Å². The zero-order valence-electron chi connectivity index (χ0n) is 30.2. The van der Waals surface area contributed by atoms with E-state index in [1.54, 1.807) is 0 Å². The Labute approximate surface area is 280 Å². The molecule has 0 atom stereocenters. The summed E-state index contributed by atoms with van der Waals surface area (Å²) in [5.74, 6) is -0.286. The second-order valence-corrected chi connectivity index (χ2v) is 13.1. The molecule has 45 heavy (non-hydrogen) atoms. The number of carbonyl (C=O) groups excluding carboxylic acids is 2. The van der Waals surface area contributed by atoms with E-state index < -0.39 is 0 Å². The quantitative estimate of drug-likeness (QED) is 0.0386. The average Bonchev–Trinajstić information content (AvgIpc) is 3.04. The average molecular weight is 637 g/mol. The van der Waals surface area contributed by atoms with Crippen LogP contribution in [0.25, 0.3) is 0 Å². The van der Waals surface area contributed by atoms with Gasteiger partial charge in [0, 0.05) is 12.8 Å². The number of hydrogen-bond acceptors (Lipinski definition) is 5. The summed E-state index contributed by atoms with van der Waals surface area (Å²) in [6, 6.07) is 0. The molecule has 0 saturated heterocycles. The van der Waals surface area contributed by atoms with Gasteiger partial charge in [-0.1, -0.05) is 167 Å². The molecule has 0 aliphatic carbocycles. The minimum atomic E-state index is -0.147. The minimum Gasteiger partial charge on any atom is -0.463 e. The van der Waals surface area contributed by atoms with E-state index in [9.17, 15) is 9.59 Å². The van der Waals surface area contributed by atoms with Gasteiger partial charge in [0.05, 0.1) is 13.2 Å². The molecule has 0 heterocycles. The summed E-state index contributed by atoms with van der Waals surface area (Å²) in [5.41, 5.74) is 0. The van der Waals surface area contributed by atoms with E-state index >= 15 is 0 Å². The molecule has 0 rings (SSSR count). The molecule has 0 aliphatic heterocycles. The zero-order valence-corrected chi connectivity index (χ0v) is 30.2. The van der Waals surface area contributed by atoms with Gasteiger partial charge in [-0.2, -0.15) is 0 Å². The van der Waals surface area contributed by atoms with E-state index in [0.717, 1.165) is 25.7 Å². The van der Waals surface area contributed by atoms with Gasteiger partial charge in [0.15, 0.2) is 0 Å². The highest BCUT2D eigenvalue weighted by Gasteiger charge is 2.04. The zero-order chi connectivity index (χ0) is 32.7. The molecular formula is C40H76O5. The molecule has 0 aromatic rings. The smallest absolute Gasteiger partial charge is 0.305 e. The lowest BCUT2D eigenvalue weighted by atomic mass is 10.0. The molecule has 0 amide bonds. The van der Waals surface area contributed by atoms with Crippen molar-refractivity contribution in [2.45, 2.75) is 206 Å². The molecule has 0 radical (unpaired) electrons. The van der Waals surface area contributed by atoms with Crippen LogP contribution in [0.2, 0.25) is 0 Å². The van der Waals surface area contributed by atoms with Gasteiger partial charge in [-0.3, -0.25) is 9.59 Å². The third-order valence-corrected chi connectivity index (χ3v) is 8.61. The Kier molecular flexibility index (Phi) is 37.6. The molecule has 0 aliphatic rings. The van der Waals surface area contributed by atoms with Crippen molar-refractivity contribution < 1.29 is 23.8 Å². The molecule has 5 nitrogen and oxygen atoms in total. The molecule has 266 valence electrons. The summed E-state index contributed by atoms with van der Waals surface area (Å²) in [5, 5.41) is 0. The van der Waals surface area contributed by atoms with Gasteiger partial charge >= 0.3 is 11.9 Å². The highest BCUT2D eigenvalue weighted by atomic mass is 16.6. The predicted molar refractivity (Wildman–Crippen MR) is 192 cm³/mol. The number of carbonyl (C=O) groups is 2. The molecular weight excluding hydrogens is 560 g/mol. The van der Waals surface area contributed by atoms with Crippen LogP contribution < -0.4 is 0 Å². The van der Waals surface area contributed by atoms with Crippen LogP contribution in [0.5, 0.6) is 0 Å². The van der Waals surface area contributed by atoms with E-state index in [1.807, 2.05) is 0 Å². The summed E-state index contributed by atoms with van der Waals surface area (Å²) < 4.78 is 15.9. The van der Waals surface area contributed by atoms with Crippen molar-refractivity contribution in [3.63, 3.8) is 0 Å². The number of esters is 2. The van der Waals surface area contributed by atoms with Crippen molar-refractivity contribution in [1.29, 1.82) is 0 Å². The lowest BCUT2D eigenvalue weighted by Crippen LogP contribution is -2.14. The van der Waals surface area contributed by atoms with Gasteiger partial charge in [-0.25, -0.2) is 0 Å². The number of allylic oxidation sites excluding steroid dienone is 2. The fourth-order valence-corrected chi connectivity index (χ4v) is 5.66. The Morgan fingerprint density at radius 2 is 0.667 bits per heavy atom. The number of hydrogen-bond donors (Lipinski definition) is 0. The second kappa shape index (κ2) is 38.8. The van der Waals surface area contributed by atoms with Gasteiger partial charge in [-0.15, -0.1) is 0 Å². The van der Waals surface area contributed by atoms with Gasteiger partial charge in [0.1, 0.15) is 13.2 Å². The molecule has 0 spiro atoms. The second-order valence-electron chi connectivity index (χ2n) is 13.1. The third kappa shape index (κ3) is 38.7. The fourth-order valence-electron chi connectivity index (χ4n) is 5.66. The summed E-state index contributed by atoms with van der Waals surface area (Å²) in [6.45, 7) is 5.75. The SMILES string of the molecule is CCCCCCCC/C=C\CCCCCCCC(=O)OCCOCCOC(=O)CCCCCCCCCCCCCCCCC. The summed E-state index contributed by atoms with van der Waals surface area (Å²) in [7, 11) is 0. The first kappa shape index (κ1) is 43.6. The van der Waals surface area contributed by atoms with Crippen molar-refractivity contribution >= 4 is 11.9 Å². The summed E-state index contributed by atoms with van der Waals surface area (Å²) >= 11 is 0. The lowest BCUT2D eigenvalue weighted by Gasteiger charge is -2.07. The maximum absolute atomic E-state index is 11.9. The normalized spacial score (nSPS) is 11.4. The first-order chi connectivity index (χ1) is 22.2. The van der Waals surface area contributed by atoms with Gasteiger partial charge < -0.3 is 14.2 Å². The molecule has 5 heteroatoms. The number of unbranched alkanes of at least 4 members (excludes halogenated alkanes) is 25. The van der Waals surface area contributed by atoms with Crippen LogP contribution in [0.1, 0.15) is 206 Å². The number of rotatable bonds is 37. The van der Waals surface area contributed by atoms with Crippen LogP contribution in [0, 0.1) is 0 Å². The van der Waals surface area contributed by atoms with Crippen LogP contribution in [-0.2, 0) is 23.8 Å². The Morgan fingerprint density at radius 1 is 0.378 bits per heavy atom. The van der Waals surface area contributed by atoms with Crippen LogP contribution >= 0.6 is 0 Å². The van der Waals surface area contributed by atoms with E-state index in [4.69, 9.17) is 14.2 Å². The molecule has 0 saturated carbocycles. The summed E-state index contributed by atoms with van der Waals surface area (Å²) in [4.78, 5) is 23.8. The van der Waals surface area contributed by atoms with Gasteiger partial charge in [0.2, 0.25) is 0 Å². The molecule has 0 aromatic heterocycles. The highest BCUT2D eigenvalue weighted by Crippen LogP contribution is 2.14. The Morgan fingerprint density at radius 3 is 1.00 bits per heavy atom. The molecule has 0 fully saturated rings. The van der Waals surface area contributed by atoms with Crippen molar-refractivity contribution in [1.82, 2.24) is 0 Å². The largest absolute Gasteiger partial charge is 0.463 e. The van der Waals surface area contributed by atoms with E-state index in [2.05, 4.69) is 26.0 Å². The Bertz CT molecular complexity index is 632. The molecule has 0 N–H and O–H groups in total. The van der Waals surface area contributed by atoms with Crippen LogP contribution in [0.4, 0.5) is 0 Å². The summed E-state index contributed by atoms with van der Waals surface area (Å²) in [6.07, 6.45) is 41.7. The lowest BCUT2D eigenvalue weighted by molar-refractivity contribution is -0.146. The standard InChI is InChI=1S/C40H76O5/c1-3-5-7-9-11-13-15-17-19-21-23-25-27-29-31-33-39(41)44-37-35-43-36-38-45-40(42)34-32-30-28-26-24-22-20-18-16-14-12-10-8-6-4-2/h17,19H,3-16,18,20-38H2,1-2H3/b19-17-. The van der Waals surface area contributed by atoms with Crippen molar-refractivity contribution in [3.8, 4) is 0 Å². The van der Waals surface area contributed by atoms with Crippen molar-refractivity contribution in [2.75, 3.05) is 26.4 Å². The topological polar surface area (TPSA) is 61.8 Å². The Hall–Kier alpha value is -1.36. The monoisotopic (exact) mass is 637 g/mol. The van der Waals surface area contributed by atoms with Crippen LogP contribution in [0.15, 0.2) is 12.2 Å². The first-order valence-electron chi connectivity index (χ1n) is 19.7. The maximum Gasteiger partial charge on any atom is 0.305 e. The number of ether oxygens (including phenoxy) is 3. The van der Waals surface area contributed by atoms with Crippen molar-refractivity contribution in [3.05, 3.63) is 12.2 Å². The first-order valence-corrected chi connectivity index (χ1v) is 19.7. The highest BCUT2D eigenvalue weighted by molar-refractivity contribution is 5.69. The van der Waals surface area contributed by atoms with Crippen molar-refractivity contribution in [2.24, 2.45) is 0 Å².